The molecule has 2 N–H and O–H groups in total. The molecule has 0 saturated heterocycles. The fourth-order valence-corrected chi connectivity index (χ4v) is 6.45. The van der Waals surface area contributed by atoms with E-state index in [1.165, 1.54) is 12.3 Å². The maximum atomic E-state index is 15.3. The Labute approximate surface area is 243 Å². The molecule has 0 spiro atoms. The first kappa shape index (κ1) is 29.0. The summed E-state index contributed by atoms with van der Waals surface area (Å²) in [5.41, 5.74) is 3.40. The van der Waals surface area contributed by atoms with Gasteiger partial charge < -0.3 is 9.55 Å². The molecule has 2 aromatic carbocycles. The van der Waals surface area contributed by atoms with Crippen LogP contribution < -0.4 is 10.3 Å². The molecule has 3 aromatic heterocycles. The van der Waals surface area contributed by atoms with Crippen molar-refractivity contribution in [2.45, 2.75) is 45.4 Å². The number of rotatable bonds is 8. The summed E-state index contributed by atoms with van der Waals surface area (Å²) in [4.78, 5) is 29.6. The van der Waals surface area contributed by atoms with Crippen LogP contribution in [-0.2, 0) is 30.0 Å². The molecule has 0 aliphatic heterocycles. The number of hydrogen-bond acceptors (Lipinski definition) is 5. The molecule has 11 heteroatoms. The Bertz CT molecular complexity index is 1990. The zero-order valence-corrected chi connectivity index (χ0v) is 23.3. The first-order valence-corrected chi connectivity index (χ1v) is 14.9. The van der Waals surface area contributed by atoms with E-state index < -0.39 is 32.6 Å². The molecule has 42 heavy (non-hydrogen) atoms. The zero-order valence-electron chi connectivity index (χ0n) is 22.5. The molecule has 0 bridgehead atoms. The molecule has 1 aliphatic carbocycles. The average molecular weight is 590 g/mol. The van der Waals surface area contributed by atoms with Gasteiger partial charge >= 0.3 is 0 Å². The van der Waals surface area contributed by atoms with Crippen LogP contribution in [0.2, 0.25) is 0 Å². The van der Waals surface area contributed by atoms with E-state index in [4.69, 9.17) is 0 Å². The lowest BCUT2D eigenvalue weighted by molar-refractivity contribution is 0.0974. The maximum Gasteiger partial charge on any atom is 0.282 e. The molecule has 218 valence electrons. The third kappa shape index (κ3) is 5.27. The van der Waals surface area contributed by atoms with E-state index in [9.17, 15) is 18.0 Å². The molecular weight excluding hydrogens is 557 g/mol. The van der Waals surface area contributed by atoms with Gasteiger partial charge in [0, 0.05) is 52.6 Å². The number of sulfonamides is 1. The van der Waals surface area contributed by atoms with Crippen LogP contribution in [0.5, 0.6) is 0 Å². The number of aryl methyl sites for hydroxylation is 2. The van der Waals surface area contributed by atoms with Gasteiger partial charge in [-0.15, -0.1) is 0 Å². The number of pyridine rings is 1. The summed E-state index contributed by atoms with van der Waals surface area (Å²) >= 11 is 0. The number of H-pyrrole nitrogens is 1. The highest BCUT2D eigenvalue weighted by Crippen LogP contribution is 2.36. The van der Waals surface area contributed by atoms with Gasteiger partial charge in [0.2, 0.25) is 10.0 Å². The van der Waals surface area contributed by atoms with Crippen LogP contribution in [0.25, 0.3) is 33.2 Å². The third-order valence-corrected chi connectivity index (χ3v) is 9.27. The Balaban J connectivity index is 0.00000353. The SMILES string of the molecule is C.CCc1ccc2c(c1)c(-c1ccc[nH]c1=O)c(C(=O)NS(=O)(=O)C1CC1)n2Cc1cc(-c2cnn(C)c2)ccc1F. The molecule has 5 aromatic rings. The van der Waals surface area contributed by atoms with Crippen molar-refractivity contribution >= 4 is 26.8 Å². The summed E-state index contributed by atoms with van der Waals surface area (Å²) in [5, 5.41) is 4.16. The number of nitrogens with zero attached hydrogens (tertiary/aromatic N) is 3. The molecule has 3 heterocycles. The van der Waals surface area contributed by atoms with Crippen molar-refractivity contribution in [3.8, 4) is 22.3 Å². The van der Waals surface area contributed by atoms with Gasteiger partial charge in [0.25, 0.3) is 11.5 Å². The molecule has 0 radical (unpaired) electrons. The number of benzene rings is 2. The normalized spacial score (nSPS) is 13.2. The highest BCUT2D eigenvalue weighted by Gasteiger charge is 2.38. The summed E-state index contributed by atoms with van der Waals surface area (Å²) in [5.74, 6) is -1.35. The summed E-state index contributed by atoms with van der Waals surface area (Å²) < 4.78 is 46.5. The predicted molar refractivity (Wildman–Crippen MR) is 161 cm³/mol. The van der Waals surface area contributed by atoms with E-state index in [0.717, 1.165) is 16.7 Å². The largest absolute Gasteiger partial charge is 0.331 e. The first-order valence-electron chi connectivity index (χ1n) is 13.3. The van der Waals surface area contributed by atoms with Crippen molar-refractivity contribution < 1.29 is 17.6 Å². The molecule has 1 fully saturated rings. The minimum atomic E-state index is -3.91. The molecular formula is C31H32FN5O4S. The monoisotopic (exact) mass is 589 g/mol. The van der Waals surface area contributed by atoms with Crippen LogP contribution in [-0.4, -0.2) is 38.9 Å². The predicted octanol–water partition coefficient (Wildman–Crippen LogP) is 5.01. The van der Waals surface area contributed by atoms with E-state index in [-0.39, 0.29) is 30.8 Å². The van der Waals surface area contributed by atoms with Gasteiger partial charge in [-0.2, -0.15) is 5.10 Å². The van der Waals surface area contributed by atoms with Gasteiger partial charge in [0.05, 0.1) is 18.0 Å². The minimum Gasteiger partial charge on any atom is -0.331 e. The number of aromatic nitrogens is 4. The van der Waals surface area contributed by atoms with Gasteiger partial charge in [-0.1, -0.05) is 26.5 Å². The number of fused-ring (bicyclic) bond motifs is 1. The Hall–Kier alpha value is -4.51. The second-order valence-electron chi connectivity index (χ2n) is 10.3. The zero-order chi connectivity index (χ0) is 28.9. The number of aromatic amines is 1. The quantitative estimate of drug-likeness (QED) is 0.264. The molecule has 1 aliphatic rings. The van der Waals surface area contributed by atoms with Crippen molar-refractivity contribution in [2.24, 2.45) is 7.05 Å². The highest BCUT2D eigenvalue weighted by atomic mass is 32.2. The van der Waals surface area contributed by atoms with Gasteiger partial charge in [-0.3, -0.25) is 14.3 Å². The lowest BCUT2D eigenvalue weighted by atomic mass is 10.0. The molecule has 6 rings (SSSR count). The second-order valence-corrected chi connectivity index (χ2v) is 12.3. The molecule has 0 unspecified atom stereocenters. The number of carbonyl (C=O) groups excluding carboxylic acids is 1. The lowest BCUT2D eigenvalue weighted by Crippen LogP contribution is -2.35. The van der Waals surface area contributed by atoms with Crippen LogP contribution >= 0.6 is 0 Å². The fraction of sp³-hybridized carbons (Fsp3) is 0.258. The molecule has 1 saturated carbocycles. The van der Waals surface area contributed by atoms with E-state index in [1.807, 2.05) is 31.3 Å². The van der Waals surface area contributed by atoms with Crippen LogP contribution in [0, 0.1) is 5.82 Å². The van der Waals surface area contributed by atoms with Gasteiger partial charge in [-0.25, -0.2) is 17.5 Å². The third-order valence-electron chi connectivity index (χ3n) is 7.45. The number of hydrogen-bond donors (Lipinski definition) is 2. The lowest BCUT2D eigenvalue weighted by Gasteiger charge is -2.14. The average Bonchev–Trinajstić information content (AvgIpc) is 3.66. The number of amides is 1. The standard InChI is InChI=1S/C30H28FN5O4S.CH4/c1-3-18-6-11-26-24(13-18)27(23-5-4-12-32-29(23)37)28(30(38)34-41(39,40)22-8-9-22)36(26)17-20-14-19(7-10-25(20)31)21-15-33-35(2)16-21;/h4-7,10-16,22H,3,8-9,17H2,1-2H3,(H,32,37)(H,34,38);1H4. The van der Waals surface area contributed by atoms with Gasteiger partial charge in [-0.05, 0) is 66.8 Å². The van der Waals surface area contributed by atoms with Crippen molar-refractivity contribution in [3.05, 3.63) is 100 Å². The maximum absolute atomic E-state index is 15.3. The highest BCUT2D eigenvalue weighted by molar-refractivity contribution is 7.91. The van der Waals surface area contributed by atoms with Crippen molar-refractivity contribution in [1.29, 1.82) is 0 Å². The summed E-state index contributed by atoms with van der Waals surface area (Å²) in [6.07, 6.45) is 6.63. The van der Waals surface area contributed by atoms with Crippen molar-refractivity contribution in [2.75, 3.05) is 0 Å². The molecule has 1 amide bonds. The van der Waals surface area contributed by atoms with Crippen LogP contribution in [0.1, 0.15) is 48.8 Å². The number of halogens is 1. The smallest absolute Gasteiger partial charge is 0.282 e. The molecule has 0 atom stereocenters. The summed E-state index contributed by atoms with van der Waals surface area (Å²) in [7, 11) is -2.12. The van der Waals surface area contributed by atoms with Crippen LogP contribution in [0.4, 0.5) is 4.39 Å². The first-order chi connectivity index (χ1) is 19.7. The van der Waals surface area contributed by atoms with Crippen LogP contribution in [0.3, 0.4) is 0 Å². The van der Waals surface area contributed by atoms with E-state index in [1.54, 1.807) is 46.8 Å². The van der Waals surface area contributed by atoms with E-state index in [2.05, 4.69) is 14.8 Å². The fourth-order valence-electron chi connectivity index (χ4n) is 5.17. The Morgan fingerprint density at radius 2 is 1.93 bits per heavy atom. The van der Waals surface area contributed by atoms with Crippen molar-refractivity contribution in [1.82, 2.24) is 24.1 Å². The summed E-state index contributed by atoms with van der Waals surface area (Å²) in [6.45, 7) is 1.90. The Morgan fingerprint density at radius 1 is 1.14 bits per heavy atom. The Kier molecular flexibility index (Phi) is 7.63. The van der Waals surface area contributed by atoms with Gasteiger partial charge in [0.15, 0.2) is 0 Å². The molecule has 9 nitrogen and oxygen atoms in total. The number of carbonyl (C=O) groups is 1. The second kappa shape index (κ2) is 11.1. The van der Waals surface area contributed by atoms with Crippen LogP contribution in [0.15, 0.2) is 71.9 Å². The number of nitrogens with one attached hydrogen (secondary N) is 2. The topological polar surface area (TPSA) is 119 Å². The van der Waals surface area contributed by atoms with Gasteiger partial charge in [0.1, 0.15) is 11.5 Å². The van der Waals surface area contributed by atoms with Crippen molar-refractivity contribution in [3.63, 3.8) is 0 Å². The van der Waals surface area contributed by atoms with E-state index in [0.29, 0.717) is 35.7 Å². The minimum absolute atomic E-state index is 0. The van der Waals surface area contributed by atoms with E-state index >= 15 is 4.39 Å². The Morgan fingerprint density at radius 3 is 2.60 bits per heavy atom. The summed E-state index contributed by atoms with van der Waals surface area (Å²) in [6, 6.07) is 13.6.